The minimum absolute atomic E-state index is 0.120. The highest BCUT2D eigenvalue weighted by molar-refractivity contribution is 9.10. The Morgan fingerprint density at radius 3 is 2.85 bits per heavy atom. The van der Waals surface area contributed by atoms with Crippen LogP contribution in [0.3, 0.4) is 0 Å². The molecule has 0 unspecified atom stereocenters. The van der Waals surface area contributed by atoms with E-state index < -0.39 is 0 Å². The van der Waals surface area contributed by atoms with Crippen LogP contribution in [0.5, 0.6) is 0 Å². The third kappa shape index (κ3) is 1.67. The SMILES string of the molecule is Nc1noc(-c2cncc(Br)c2)n1. The molecule has 0 aliphatic rings. The second kappa shape index (κ2) is 3.14. The van der Waals surface area contributed by atoms with E-state index in [2.05, 4.69) is 31.1 Å². The summed E-state index contributed by atoms with van der Waals surface area (Å²) in [7, 11) is 0. The predicted molar refractivity (Wildman–Crippen MR) is 49.6 cm³/mol. The van der Waals surface area contributed by atoms with E-state index in [0.29, 0.717) is 5.89 Å². The Morgan fingerprint density at radius 1 is 1.38 bits per heavy atom. The number of nitrogen functional groups attached to an aromatic ring is 1. The Balaban J connectivity index is 2.46. The minimum Gasteiger partial charge on any atom is -0.365 e. The highest BCUT2D eigenvalue weighted by Gasteiger charge is 2.06. The lowest BCUT2D eigenvalue weighted by Crippen LogP contribution is -1.85. The number of hydrogen-bond donors (Lipinski definition) is 1. The summed E-state index contributed by atoms with van der Waals surface area (Å²) in [6.07, 6.45) is 3.29. The van der Waals surface area contributed by atoms with Crippen molar-refractivity contribution in [1.29, 1.82) is 0 Å². The number of nitrogens with zero attached hydrogens (tertiary/aromatic N) is 3. The summed E-state index contributed by atoms with van der Waals surface area (Å²) < 4.78 is 5.71. The monoisotopic (exact) mass is 240 g/mol. The molecule has 0 aromatic carbocycles. The molecule has 2 rings (SSSR count). The summed E-state index contributed by atoms with van der Waals surface area (Å²) >= 11 is 3.28. The van der Waals surface area contributed by atoms with Gasteiger partial charge in [-0.05, 0) is 27.2 Å². The molecule has 0 radical (unpaired) electrons. The van der Waals surface area contributed by atoms with Gasteiger partial charge in [-0.15, -0.1) is 0 Å². The molecule has 2 aromatic heterocycles. The molecule has 0 amide bonds. The molecular weight excluding hydrogens is 236 g/mol. The Morgan fingerprint density at radius 2 is 2.23 bits per heavy atom. The van der Waals surface area contributed by atoms with Gasteiger partial charge in [0.1, 0.15) is 0 Å². The first-order chi connectivity index (χ1) is 6.25. The largest absolute Gasteiger partial charge is 0.365 e. The number of rotatable bonds is 1. The maximum atomic E-state index is 5.31. The van der Waals surface area contributed by atoms with Crippen LogP contribution in [0.25, 0.3) is 11.5 Å². The predicted octanol–water partition coefficient (Wildman–Crippen LogP) is 1.48. The fourth-order valence-corrected chi connectivity index (χ4v) is 1.25. The molecular formula is C7H5BrN4O. The van der Waals surface area contributed by atoms with Gasteiger partial charge in [-0.2, -0.15) is 4.98 Å². The Labute approximate surface area is 82.1 Å². The van der Waals surface area contributed by atoms with Gasteiger partial charge in [-0.25, -0.2) is 0 Å². The number of aromatic nitrogens is 3. The first-order valence-electron chi connectivity index (χ1n) is 3.46. The molecule has 13 heavy (non-hydrogen) atoms. The number of anilines is 1. The quantitative estimate of drug-likeness (QED) is 0.817. The van der Waals surface area contributed by atoms with Crippen LogP contribution in [0.1, 0.15) is 0 Å². The van der Waals surface area contributed by atoms with E-state index in [1.54, 1.807) is 12.4 Å². The lowest BCUT2D eigenvalue weighted by molar-refractivity contribution is 0.433. The van der Waals surface area contributed by atoms with E-state index in [4.69, 9.17) is 10.3 Å². The van der Waals surface area contributed by atoms with Crippen LogP contribution < -0.4 is 5.73 Å². The Bertz CT molecular complexity index is 428. The summed E-state index contributed by atoms with van der Waals surface area (Å²) in [5, 5.41) is 3.47. The normalized spacial score (nSPS) is 10.2. The van der Waals surface area contributed by atoms with E-state index >= 15 is 0 Å². The van der Waals surface area contributed by atoms with Crippen LogP contribution in [-0.4, -0.2) is 15.1 Å². The molecule has 66 valence electrons. The maximum Gasteiger partial charge on any atom is 0.261 e. The standard InChI is InChI=1S/C7H5BrN4O/c8-5-1-4(2-10-3-5)6-11-7(9)12-13-6/h1-3H,(H2,9,12). The van der Waals surface area contributed by atoms with Crippen molar-refractivity contribution in [3.05, 3.63) is 22.9 Å². The van der Waals surface area contributed by atoms with Crippen LogP contribution in [0.2, 0.25) is 0 Å². The molecule has 0 aliphatic heterocycles. The van der Waals surface area contributed by atoms with Crippen LogP contribution in [-0.2, 0) is 0 Å². The van der Waals surface area contributed by atoms with Crippen molar-refractivity contribution < 1.29 is 4.52 Å². The van der Waals surface area contributed by atoms with Gasteiger partial charge in [0.25, 0.3) is 11.8 Å². The van der Waals surface area contributed by atoms with Crippen LogP contribution in [0.4, 0.5) is 5.95 Å². The Hall–Kier alpha value is -1.43. The summed E-state index contributed by atoms with van der Waals surface area (Å²) in [4.78, 5) is 7.82. The topological polar surface area (TPSA) is 77.8 Å². The van der Waals surface area contributed by atoms with Crippen molar-refractivity contribution >= 4 is 21.9 Å². The molecule has 2 N–H and O–H groups in total. The van der Waals surface area contributed by atoms with Gasteiger partial charge >= 0.3 is 0 Å². The first-order valence-corrected chi connectivity index (χ1v) is 4.25. The van der Waals surface area contributed by atoms with E-state index in [1.807, 2.05) is 6.07 Å². The van der Waals surface area contributed by atoms with Gasteiger partial charge in [-0.3, -0.25) is 4.98 Å². The van der Waals surface area contributed by atoms with Crippen LogP contribution >= 0.6 is 15.9 Å². The molecule has 0 saturated carbocycles. The second-order valence-corrected chi connectivity index (χ2v) is 3.27. The van der Waals surface area contributed by atoms with Crippen LogP contribution in [0, 0.1) is 0 Å². The van der Waals surface area contributed by atoms with E-state index in [1.165, 1.54) is 0 Å². The second-order valence-electron chi connectivity index (χ2n) is 2.35. The highest BCUT2D eigenvalue weighted by atomic mass is 79.9. The maximum absolute atomic E-state index is 5.31. The third-order valence-corrected chi connectivity index (χ3v) is 1.83. The lowest BCUT2D eigenvalue weighted by Gasteiger charge is -1.92. The van der Waals surface area contributed by atoms with Gasteiger partial charge < -0.3 is 10.3 Å². The van der Waals surface area contributed by atoms with Crippen molar-refractivity contribution in [3.63, 3.8) is 0 Å². The highest BCUT2D eigenvalue weighted by Crippen LogP contribution is 2.19. The zero-order valence-electron chi connectivity index (χ0n) is 6.44. The van der Waals surface area contributed by atoms with Crippen LogP contribution in [0.15, 0.2) is 27.5 Å². The summed E-state index contributed by atoms with van der Waals surface area (Å²) in [5.74, 6) is 0.487. The minimum atomic E-state index is 0.120. The van der Waals surface area contributed by atoms with Gasteiger partial charge in [-0.1, -0.05) is 0 Å². The average molecular weight is 241 g/mol. The molecule has 5 nitrogen and oxygen atoms in total. The molecule has 2 aromatic rings. The molecule has 6 heteroatoms. The zero-order chi connectivity index (χ0) is 9.26. The fourth-order valence-electron chi connectivity index (χ4n) is 0.881. The summed E-state index contributed by atoms with van der Waals surface area (Å²) in [6, 6.07) is 1.82. The number of halogens is 1. The number of hydrogen-bond acceptors (Lipinski definition) is 5. The summed E-state index contributed by atoms with van der Waals surface area (Å²) in [5.41, 5.74) is 6.04. The molecule has 0 aliphatic carbocycles. The lowest BCUT2D eigenvalue weighted by atomic mass is 10.3. The van der Waals surface area contributed by atoms with Gasteiger partial charge in [0.2, 0.25) is 0 Å². The van der Waals surface area contributed by atoms with E-state index in [9.17, 15) is 0 Å². The number of nitrogens with two attached hydrogens (primary N) is 1. The molecule has 0 fully saturated rings. The molecule has 0 spiro atoms. The average Bonchev–Trinajstić information content (AvgIpc) is 2.52. The zero-order valence-corrected chi connectivity index (χ0v) is 8.02. The van der Waals surface area contributed by atoms with E-state index in [-0.39, 0.29) is 5.95 Å². The van der Waals surface area contributed by atoms with E-state index in [0.717, 1.165) is 10.0 Å². The molecule has 0 atom stereocenters. The smallest absolute Gasteiger partial charge is 0.261 e. The van der Waals surface area contributed by atoms with Crippen molar-refractivity contribution in [1.82, 2.24) is 15.1 Å². The third-order valence-electron chi connectivity index (χ3n) is 1.39. The van der Waals surface area contributed by atoms with Crippen molar-refractivity contribution in [2.24, 2.45) is 0 Å². The molecule has 0 bridgehead atoms. The number of pyridine rings is 1. The first kappa shape index (κ1) is 8.18. The summed E-state index contributed by atoms with van der Waals surface area (Å²) in [6.45, 7) is 0. The fraction of sp³-hybridized carbons (Fsp3) is 0. The Kier molecular flexibility index (Phi) is 1.97. The molecule has 0 saturated heterocycles. The van der Waals surface area contributed by atoms with Crippen molar-refractivity contribution in [2.75, 3.05) is 5.73 Å². The van der Waals surface area contributed by atoms with Crippen molar-refractivity contribution in [2.45, 2.75) is 0 Å². The molecule has 2 heterocycles. The van der Waals surface area contributed by atoms with Gasteiger partial charge in [0.05, 0.1) is 5.56 Å². The van der Waals surface area contributed by atoms with Gasteiger partial charge in [0.15, 0.2) is 0 Å². The van der Waals surface area contributed by atoms with Crippen molar-refractivity contribution in [3.8, 4) is 11.5 Å². The van der Waals surface area contributed by atoms with Gasteiger partial charge in [0, 0.05) is 16.9 Å².